The third-order valence-corrected chi connectivity index (χ3v) is 5.47. The molecule has 0 heterocycles. The van der Waals surface area contributed by atoms with Crippen molar-refractivity contribution in [1.82, 2.24) is 4.72 Å². The van der Waals surface area contributed by atoms with Crippen LogP contribution in [0.3, 0.4) is 0 Å². The predicted molar refractivity (Wildman–Crippen MR) is 107 cm³/mol. The maximum atomic E-state index is 13.6. The summed E-state index contributed by atoms with van der Waals surface area (Å²) in [6.45, 7) is 5.06. The highest BCUT2D eigenvalue weighted by atomic mass is 32.2. The third-order valence-electron chi connectivity index (χ3n) is 4.01. The average Bonchev–Trinajstić information content (AvgIpc) is 2.69. The van der Waals surface area contributed by atoms with Gasteiger partial charge in [-0.1, -0.05) is 19.1 Å². The Kier molecular flexibility index (Phi) is 7.46. The van der Waals surface area contributed by atoms with E-state index in [-0.39, 0.29) is 22.7 Å². The zero-order valence-electron chi connectivity index (χ0n) is 16.4. The van der Waals surface area contributed by atoms with Crippen LogP contribution in [0.1, 0.15) is 36.2 Å². The number of aryl methyl sites for hydroxylation is 1. The number of carbonyl (C=O) groups excluding carboxylic acids is 2. The molecule has 0 bridgehead atoms. The summed E-state index contributed by atoms with van der Waals surface area (Å²) in [5.74, 6) is -1.97. The molecule has 1 atom stereocenters. The van der Waals surface area contributed by atoms with Gasteiger partial charge in [0.2, 0.25) is 10.0 Å². The zero-order chi connectivity index (χ0) is 21.6. The first-order chi connectivity index (χ1) is 13.6. The van der Waals surface area contributed by atoms with E-state index in [0.717, 1.165) is 0 Å². The lowest BCUT2D eigenvalue weighted by molar-refractivity contribution is -0.123. The van der Waals surface area contributed by atoms with Gasteiger partial charge in [0.15, 0.2) is 6.10 Å². The molecule has 2 rings (SSSR count). The van der Waals surface area contributed by atoms with Crippen molar-refractivity contribution in [1.29, 1.82) is 0 Å². The van der Waals surface area contributed by atoms with Gasteiger partial charge >= 0.3 is 5.97 Å². The van der Waals surface area contributed by atoms with Crippen molar-refractivity contribution in [3.05, 3.63) is 59.4 Å². The molecule has 7 nitrogen and oxygen atoms in total. The molecule has 156 valence electrons. The Morgan fingerprint density at radius 3 is 2.55 bits per heavy atom. The van der Waals surface area contributed by atoms with Crippen molar-refractivity contribution in [2.24, 2.45) is 0 Å². The van der Waals surface area contributed by atoms with Crippen LogP contribution in [-0.4, -0.2) is 32.9 Å². The van der Waals surface area contributed by atoms with Gasteiger partial charge in [0, 0.05) is 12.2 Å². The molecule has 2 N–H and O–H groups in total. The standard InChI is InChI=1S/C20H23FN2O5S/c1-4-10-22-29(26,27)17-7-5-6-15(11-17)20(25)28-14(3)19(24)23-16-9-8-13(2)18(21)12-16/h5-9,11-12,14,22H,4,10H2,1-3H3,(H,23,24)/t14-/m0/s1. The van der Waals surface area contributed by atoms with E-state index >= 15 is 0 Å². The van der Waals surface area contributed by atoms with Crippen LogP contribution in [0.5, 0.6) is 0 Å². The molecule has 9 heteroatoms. The summed E-state index contributed by atoms with van der Waals surface area (Å²) in [6, 6.07) is 9.55. The molecule has 0 saturated carbocycles. The fourth-order valence-corrected chi connectivity index (χ4v) is 3.49. The molecule has 2 aromatic rings. The smallest absolute Gasteiger partial charge is 0.338 e. The lowest BCUT2D eigenvalue weighted by Gasteiger charge is -2.14. The number of amides is 1. The number of anilines is 1. The summed E-state index contributed by atoms with van der Waals surface area (Å²) < 4.78 is 45.5. The minimum atomic E-state index is -3.74. The normalized spacial score (nSPS) is 12.3. The molecule has 2 aromatic carbocycles. The molecule has 0 unspecified atom stereocenters. The van der Waals surface area contributed by atoms with E-state index in [0.29, 0.717) is 12.0 Å². The molecule has 29 heavy (non-hydrogen) atoms. The molecular weight excluding hydrogens is 399 g/mol. The lowest BCUT2D eigenvalue weighted by Crippen LogP contribution is -2.30. The van der Waals surface area contributed by atoms with E-state index in [1.54, 1.807) is 6.92 Å². The highest BCUT2D eigenvalue weighted by Gasteiger charge is 2.21. The van der Waals surface area contributed by atoms with E-state index in [4.69, 9.17) is 4.74 Å². The Bertz CT molecular complexity index is 1010. The van der Waals surface area contributed by atoms with Gasteiger partial charge in [-0.15, -0.1) is 0 Å². The Hall–Kier alpha value is -2.78. The number of nitrogens with one attached hydrogen (secondary N) is 2. The van der Waals surface area contributed by atoms with Crippen LogP contribution < -0.4 is 10.0 Å². The predicted octanol–water partition coefficient (Wildman–Crippen LogP) is 3.01. The quantitative estimate of drug-likeness (QED) is 0.637. The summed E-state index contributed by atoms with van der Waals surface area (Å²) in [5, 5.41) is 2.46. The SMILES string of the molecule is CCCNS(=O)(=O)c1cccc(C(=O)O[C@@H](C)C(=O)Nc2ccc(C)c(F)c2)c1. The first-order valence-corrected chi connectivity index (χ1v) is 10.5. The zero-order valence-corrected chi connectivity index (χ0v) is 17.2. The second-order valence-corrected chi connectivity index (χ2v) is 8.19. The molecule has 1 amide bonds. The average molecular weight is 422 g/mol. The summed E-state index contributed by atoms with van der Waals surface area (Å²) in [7, 11) is -3.74. The number of ether oxygens (including phenoxy) is 1. The van der Waals surface area contributed by atoms with Crippen molar-refractivity contribution < 1.29 is 27.1 Å². The van der Waals surface area contributed by atoms with E-state index in [1.807, 2.05) is 6.92 Å². The van der Waals surface area contributed by atoms with Crippen LogP contribution in [0.2, 0.25) is 0 Å². The molecule has 0 fully saturated rings. The van der Waals surface area contributed by atoms with Crippen molar-refractivity contribution in [3.63, 3.8) is 0 Å². The number of halogens is 1. The van der Waals surface area contributed by atoms with Gasteiger partial charge in [-0.2, -0.15) is 0 Å². The maximum absolute atomic E-state index is 13.6. The molecule has 0 spiro atoms. The Labute approximate surface area is 169 Å². The summed E-state index contributed by atoms with van der Waals surface area (Å²) in [5.41, 5.74) is 0.659. The number of carbonyl (C=O) groups is 2. The van der Waals surface area contributed by atoms with Crippen LogP contribution >= 0.6 is 0 Å². The van der Waals surface area contributed by atoms with Gasteiger partial charge < -0.3 is 10.1 Å². The van der Waals surface area contributed by atoms with Crippen LogP contribution in [0.25, 0.3) is 0 Å². The molecule has 0 aliphatic heterocycles. The minimum absolute atomic E-state index is 0.00889. The second kappa shape index (κ2) is 9.62. The van der Waals surface area contributed by atoms with E-state index in [9.17, 15) is 22.4 Å². The first-order valence-electron chi connectivity index (χ1n) is 9.01. The number of benzene rings is 2. The van der Waals surface area contributed by atoms with Gasteiger partial charge in [-0.25, -0.2) is 22.3 Å². The number of rotatable bonds is 8. The summed E-state index contributed by atoms with van der Waals surface area (Å²) in [6.07, 6.45) is -0.552. The number of hydrogen-bond donors (Lipinski definition) is 2. The fourth-order valence-electron chi connectivity index (χ4n) is 2.31. The van der Waals surface area contributed by atoms with Gasteiger partial charge in [-0.05, 0) is 56.2 Å². The van der Waals surface area contributed by atoms with Gasteiger partial charge in [0.25, 0.3) is 5.91 Å². The molecule has 0 aliphatic rings. The first kappa shape index (κ1) is 22.5. The molecule has 0 aliphatic carbocycles. The maximum Gasteiger partial charge on any atom is 0.338 e. The highest BCUT2D eigenvalue weighted by Crippen LogP contribution is 2.16. The second-order valence-electron chi connectivity index (χ2n) is 6.43. The van der Waals surface area contributed by atoms with Crippen LogP contribution in [0.4, 0.5) is 10.1 Å². The number of esters is 1. The fraction of sp³-hybridized carbons (Fsp3) is 0.300. The van der Waals surface area contributed by atoms with E-state index in [1.165, 1.54) is 49.4 Å². The topological polar surface area (TPSA) is 102 Å². The van der Waals surface area contributed by atoms with Gasteiger partial charge in [0.05, 0.1) is 10.5 Å². The van der Waals surface area contributed by atoms with E-state index in [2.05, 4.69) is 10.0 Å². The summed E-state index contributed by atoms with van der Waals surface area (Å²) in [4.78, 5) is 24.5. The monoisotopic (exact) mass is 422 g/mol. The van der Waals surface area contributed by atoms with Crippen molar-refractivity contribution in [3.8, 4) is 0 Å². The van der Waals surface area contributed by atoms with Crippen molar-refractivity contribution in [2.75, 3.05) is 11.9 Å². The number of hydrogen-bond acceptors (Lipinski definition) is 5. The Balaban J connectivity index is 2.06. The molecular formula is C20H23FN2O5S. The van der Waals surface area contributed by atoms with Crippen LogP contribution in [0, 0.1) is 12.7 Å². The van der Waals surface area contributed by atoms with Crippen LogP contribution in [-0.2, 0) is 19.6 Å². The number of sulfonamides is 1. The lowest BCUT2D eigenvalue weighted by atomic mass is 10.2. The van der Waals surface area contributed by atoms with Crippen molar-refractivity contribution in [2.45, 2.75) is 38.2 Å². The van der Waals surface area contributed by atoms with Gasteiger partial charge in [0.1, 0.15) is 5.82 Å². The molecule has 0 saturated heterocycles. The van der Waals surface area contributed by atoms with E-state index < -0.39 is 33.8 Å². The molecule has 0 aromatic heterocycles. The molecule has 0 radical (unpaired) electrons. The largest absolute Gasteiger partial charge is 0.449 e. The van der Waals surface area contributed by atoms with Gasteiger partial charge in [-0.3, -0.25) is 4.79 Å². The highest BCUT2D eigenvalue weighted by molar-refractivity contribution is 7.89. The Morgan fingerprint density at radius 1 is 1.17 bits per heavy atom. The Morgan fingerprint density at radius 2 is 1.90 bits per heavy atom. The van der Waals surface area contributed by atoms with Crippen molar-refractivity contribution >= 4 is 27.6 Å². The van der Waals surface area contributed by atoms with Crippen LogP contribution in [0.15, 0.2) is 47.4 Å². The summed E-state index contributed by atoms with van der Waals surface area (Å²) >= 11 is 0. The third kappa shape index (κ3) is 6.10. The minimum Gasteiger partial charge on any atom is -0.449 e.